The molecule has 2 amide bonds. The van der Waals surface area contributed by atoms with Crippen molar-refractivity contribution in [3.63, 3.8) is 0 Å². The van der Waals surface area contributed by atoms with E-state index in [0.29, 0.717) is 0 Å². The van der Waals surface area contributed by atoms with E-state index in [1.54, 1.807) is 27.7 Å². The average Bonchev–Trinajstić information content (AvgIpc) is 2.73. The quantitative estimate of drug-likeness (QED) is 0.768. The molecule has 0 radical (unpaired) electrons. The molecule has 9 heteroatoms. The molecule has 2 N–H and O–H groups in total. The molecule has 2 rings (SSSR count). The summed E-state index contributed by atoms with van der Waals surface area (Å²) in [6.07, 6.45) is 0.219. The van der Waals surface area contributed by atoms with Crippen LogP contribution in [0.3, 0.4) is 0 Å². The molecule has 0 aromatic heterocycles. The zero-order valence-corrected chi connectivity index (χ0v) is 15.9. The Hall–Kier alpha value is -2.42. The molecule has 0 saturated heterocycles. The number of carboxylic acid groups (broad SMARTS) is 1. The van der Waals surface area contributed by atoms with Crippen molar-refractivity contribution in [2.24, 2.45) is 5.41 Å². The average molecular weight is 382 g/mol. The number of nitrogens with one attached hydrogen (secondary N) is 1. The number of amides is 2. The topological polar surface area (TPSA) is 121 Å². The summed E-state index contributed by atoms with van der Waals surface area (Å²) < 4.78 is 25.9. The molecule has 1 aromatic carbocycles. The van der Waals surface area contributed by atoms with Crippen molar-refractivity contribution in [3.8, 4) is 0 Å². The van der Waals surface area contributed by atoms with E-state index in [-0.39, 0.29) is 29.0 Å². The van der Waals surface area contributed by atoms with E-state index in [2.05, 4.69) is 5.32 Å². The molecule has 0 spiro atoms. The Labute approximate surface area is 152 Å². The van der Waals surface area contributed by atoms with Crippen LogP contribution in [-0.4, -0.2) is 48.2 Å². The van der Waals surface area contributed by atoms with Crippen LogP contribution in [0, 0.1) is 5.41 Å². The summed E-state index contributed by atoms with van der Waals surface area (Å²) in [5.74, 6) is -2.10. The number of carbonyl (C=O) groups is 3. The second kappa shape index (κ2) is 6.71. The first-order valence-corrected chi connectivity index (χ1v) is 9.58. The first-order valence-electron chi connectivity index (χ1n) is 8.14. The number of hydrogen-bond acceptors (Lipinski definition) is 5. The van der Waals surface area contributed by atoms with Crippen molar-refractivity contribution >= 4 is 27.8 Å². The first kappa shape index (κ1) is 19.9. The van der Waals surface area contributed by atoms with Crippen LogP contribution in [0.5, 0.6) is 0 Å². The van der Waals surface area contributed by atoms with Gasteiger partial charge in [0, 0.05) is 18.2 Å². The first-order chi connectivity index (χ1) is 11.9. The number of aliphatic carboxylic acids is 1. The Morgan fingerprint density at radius 3 is 2.42 bits per heavy atom. The van der Waals surface area contributed by atoms with Gasteiger partial charge in [0.25, 0.3) is 21.8 Å². The molecular formula is C17H22N2O6S. The molecule has 0 fully saturated rings. The third-order valence-electron chi connectivity index (χ3n) is 4.29. The van der Waals surface area contributed by atoms with Crippen molar-refractivity contribution in [2.45, 2.75) is 45.1 Å². The molecule has 0 unspecified atom stereocenters. The molecule has 0 aliphatic carbocycles. The largest absolute Gasteiger partial charge is 0.481 e. The summed E-state index contributed by atoms with van der Waals surface area (Å²) >= 11 is 0. The van der Waals surface area contributed by atoms with Crippen molar-refractivity contribution in [1.82, 2.24) is 9.62 Å². The van der Waals surface area contributed by atoms with E-state index in [0.717, 1.165) is 4.31 Å². The maximum absolute atomic E-state index is 12.5. The summed E-state index contributed by atoms with van der Waals surface area (Å²) in [6.45, 7) is 6.42. The van der Waals surface area contributed by atoms with E-state index in [9.17, 15) is 22.8 Å². The summed E-state index contributed by atoms with van der Waals surface area (Å²) in [7, 11) is -3.98. The number of sulfonamides is 1. The lowest BCUT2D eigenvalue weighted by atomic mass is 9.90. The molecule has 1 aliphatic heterocycles. The Bertz CT molecular complexity index is 873. The second-order valence-corrected chi connectivity index (χ2v) is 8.89. The number of benzene rings is 1. The normalized spacial score (nSPS) is 15.9. The Morgan fingerprint density at radius 1 is 1.27 bits per heavy atom. The van der Waals surface area contributed by atoms with Crippen LogP contribution in [0.1, 0.15) is 54.8 Å². The zero-order chi connectivity index (χ0) is 19.9. The van der Waals surface area contributed by atoms with Gasteiger partial charge in [-0.2, -0.15) is 0 Å². The van der Waals surface area contributed by atoms with Gasteiger partial charge in [0.2, 0.25) is 0 Å². The van der Waals surface area contributed by atoms with Crippen molar-refractivity contribution in [3.05, 3.63) is 29.3 Å². The molecule has 8 nitrogen and oxygen atoms in total. The van der Waals surface area contributed by atoms with Crippen LogP contribution in [0.15, 0.2) is 23.1 Å². The van der Waals surface area contributed by atoms with Gasteiger partial charge >= 0.3 is 5.97 Å². The maximum Gasteiger partial charge on any atom is 0.309 e. The highest BCUT2D eigenvalue weighted by Gasteiger charge is 2.42. The molecule has 0 atom stereocenters. The minimum atomic E-state index is -3.98. The minimum Gasteiger partial charge on any atom is -0.481 e. The highest BCUT2D eigenvalue weighted by atomic mass is 32.2. The Kier molecular flexibility index (Phi) is 5.14. The molecule has 0 bridgehead atoms. The third kappa shape index (κ3) is 3.44. The van der Waals surface area contributed by atoms with Crippen LogP contribution in [0.2, 0.25) is 0 Å². The zero-order valence-electron chi connectivity index (χ0n) is 15.1. The molecule has 0 saturated carbocycles. The molecule has 1 heterocycles. The van der Waals surface area contributed by atoms with Gasteiger partial charge in [0.1, 0.15) is 4.90 Å². The highest BCUT2D eigenvalue weighted by Crippen LogP contribution is 2.32. The monoisotopic (exact) mass is 382 g/mol. The smallest absolute Gasteiger partial charge is 0.309 e. The lowest BCUT2D eigenvalue weighted by Gasteiger charge is -2.19. The summed E-state index contributed by atoms with van der Waals surface area (Å²) in [5.41, 5.74) is -0.847. The van der Waals surface area contributed by atoms with Crippen LogP contribution in [0.4, 0.5) is 0 Å². The van der Waals surface area contributed by atoms with E-state index >= 15 is 0 Å². The van der Waals surface area contributed by atoms with Crippen molar-refractivity contribution in [1.29, 1.82) is 0 Å². The van der Waals surface area contributed by atoms with Gasteiger partial charge in [-0.1, -0.05) is 0 Å². The van der Waals surface area contributed by atoms with E-state index in [4.69, 9.17) is 5.11 Å². The number of hydrogen-bond donors (Lipinski definition) is 2. The van der Waals surface area contributed by atoms with Gasteiger partial charge in [-0.3, -0.25) is 14.4 Å². The fourth-order valence-corrected chi connectivity index (χ4v) is 4.39. The van der Waals surface area contributed by atoms with Gasteiger partial charge in [0.05, 0.1) is 11.0 Å². The molecule has 1 aromatic rings. The van der Waals surface area contributed by atoms with Crippen molar-refractivity contribution < 1.29 is 27.9 Å². The van der Waals surface area contributed by atoms with Gasteiger partial charge in [-0.05, 0) is 52.3 Å². The van der Waals surface area contributed by atoms with Gasteiger partial charge in [-0.15, -0.1) is 0 Å². The number of fused-ring (bicyclic) bond motifs is 1. The van der Waals surface area contributed by atoms with Gasteiger partial charge in [0.15, 0.2) is 0 Å². The second-order valence-electron chi connectivity index (χ2n) is 7.11. The van der Waals surface area contributed by atoms with Crippen LogP contribution >= 0.6 is 0 Å². The summed E-state index contributed by atoms with van der Waals surface area (Å²) in [6, 6.07) is 3.36. The molecular weight excluding hydrogens is 360 g/mol. The number of carbonyl (C=O) groups excluding carboxylic acids is 2. The Morgan fingerprint density at radius 2 is 1.88 bits per heavy atom. The maximum atomic E-state index is 12.5. The van der Waals surface area contributed by atoms with E-state index < -0.39 is 39.3 Å². The molecule has 142 valence electrons. The summed E-state index contributed by atoms with van der Waals surface area (Å²) in [5, 5.41) is 11.6. The van der Waals surface area contributed by atoms with Gasteiger partial charge < -0.3 is 10.4 Å². The third-order valence-corrected chi connectivity index (χ3v) is 6.29. The number of rotatable bonds is 6. The predicted molar refractivity (Wildman–Crippen MR) is 93.3 cm³/mol. The number of nitrogens with zero attached hydrogens (tertiary/aromatic N) is 1. The minimum absolute atomic E-state index is 0.0438. The van der Waals surface area contributed by atoms with E-state index in [1.807, 2.05) is 0 Å². The number of carboxylic acids is 1. The van der Waals surface area contributed by atoms with Gasteiger partial charge in [-0.25, -0.2) is 12.7 Å². The van der Waals surface area contributed by atoms with Crippen LogP contribution in [-0.2, 0) is 14.8 Å². The Balaban J connectivity index is 2.20. The standard InChI is InChI=1S/C17H22N2O6S/c1-10(2)19-15(21)12-6-5-11(9-13(12)26(19,24)25)14(20)18-8-7-17(3,4)16(22)23/h5-6,9-10H,7-8H2,1-4H3,(H,18,20)(H,22,23). The van der Waals surface area contributed by atoms with Crippen LogP contribution < -0.4 is 5.32 Å². The molecule has 26 heavy (non-hydrogen) atoms. The fraction of sp³-hybridized carbons (Fsp3) is 0.471. The lowest BCUT2D eigenvalue weighted by Crippen LogP contribution is -2.36. The predicted octanol–water partition coefficient (Wildman–Crippen LogP) is 1.47. The lowest BCUT2D eigenvalue weighted by molar-refractivity contribution is -0.147. The molecule has 1 aliphatic rings. The van der Waals surface area contributed by atoms with E-state index in [1.165, 1.54) is 18.2 Å². The highest BCUT2D eigenvalue weighted by molar-refractivity contribution is 7.90. The van der Waals surface area contributed by atoms with Crippen LogP contribution in [0.25, 0.3) is 0 Å². The fourth-order valence-electron chi connectivity index (χ4n) is 2.60. The SMILES string of the molecule is CC(C)N1C(=O)c2ccc(C(=O)NCCC(C)(C)C(=O)O)cc2S1(=O)=O. The summed E-state index contributed by atoms with van der Waals surface area (Å²) in [4.78, 5) is 35.4. The van der Waals surface area contributed by atoms with Crippen molar-refractivity contribution in [2.75, 3.05) is 6.54 Å².